The highest BCUT2D eigenvalue weighted by atomic mass is 35.5. The standard InChI is InChI=1S/C40H39ClN6O4/c41-36-16-32(24-46-33-9-10-33)37(49-25-30-15-29(18-42)21-45-22-30)17-38(36)50-26-40(27-51-39-11-8-28(23-47-39)20-44-13-14-48)12-4-7-34(35(40)19-43)31-5-2-1-3-6-31/h1-8,11-12,15-17,21-23,33,35,44,46,48H,9-10,13-14,20,24-27H2. The van der Waals surface area contributed by atoms with E-state index in [2.05, 4.69) is 32.7 Å². The van der Waals surface area contributed by atoms with Gasteiger partial charge in [0.2, 0.25) is 5.88 Å². The van der Waals surface area contributed by atoms with Crippen LogP contribution in [0.5, 0.6) is 17.4 Å². The predicted molar refractivity (Wildman–Crippen MR) is 194 cm³/mol. The van der Waals surface area contributed by atoms with Gasteiger partial charge in [0, 0.05) is 67.5 Å². The van der Waals surface area contributed by atoms with Crippen LogP contribution in [0.2, 0.25) is 5.02 Å². The summed E-state index contributed by atoms with van der Waals surface area (Å²) in [6, 6.07) is 24.1. The SMILES string of the molecule is N#Cc1cncc(COc2cc(OCC3(COc4ccc(CNCCO)cn4)C=CC=C(c4ccccc4)C3C#N)c(Cl)cc2CNC2CC2)c1. The van der Waals surface area contributed by atoms with Gasteiger partial charge in [-0.25, -0.2) is 4.98 Å². The molecule has 2 atom stereocenters. The fourth-order valence-electron chi connectivity index (χ4n) is 5.86. The van der Waals surface area contributed by atoms with Crippen molar-refractivity contribution in [2.45, 2.75) is 38.6 Å². The molecule has 260 valence electrons. The van der Waals surface area contributed by atoms with E-state index in [1.165, 1.54) is 6.20 Å². The van der Waals surface area contributed by atoms with Gasteiger partial charge in [0.1, 0.15) is 37.4 Å². The number of benzene rings is 2. The van der Waals surface area contributed by atoms with Crippen LogP contribution in [0.1, 0.15) is 40.7 Å². The Balaban J connectivity index is 1.26. The molecule has 4 aromatic rings. The average Bonchev–Trinajstić information content (AvgIpc) is 4.01. The third-order valence-corrected chi connectivity index (χ3v) is 9.11. The molecule has 0 radical (unpaired) electrons. The molecule has 1 fully saturated rings. The van der Waals surface area contributed by atoms with Gasteiger partial charge in [-0.2, -0.15) is 10.5 Å². The molecule has 2 unspecified atom stereocenters. The second kappa shape index (κ2) is 17.1. The first-order valence-electron chi connectivity index (χ1n) is 16.9. The van der Waals surface area contributed by atoms with Crippen molar-refractivity contribution in [3.05, 3.63) is 130 Å². The topological polar surface area (TPSA) is 145 Å². The number of nitrogens with one attached hydrogen (secondary N) is 2. The number of allylic oxidation sites excluding steroid dienone is 3. The Hall–Kier alpha value is -5.23. The molecule has 0 amide bonds. The largest absolute Gasteiger partial charge is 0.491 e. The quantitative estimate of drug-likeness (QED) is 0.110. The van der Waals surface area contributed by atoms with Crippen molar-refractivity contribution in [2.24, 2.45) is 11.3 Å². The van der Waals surface area contributed by atoms with E-state index in [4.69, 9.17) is 30.9 Å². The summed E-state index contributed by atoms with van der Waals surface area (Å²) >= 11 is 6.87. The Kier molecular flexibility index (Phi) is 12.0. The lowest BCUT2D eigenvalue weighted by molar-refractivity contribution is 0.0987. The van der Waals surface area contributed by atoms with Crippen molar-refractivity contribution in [3.63, 3.8) is 0 Å². The van der Waals surface area contributed by atoms with Crippen molar-refractivity contribution >= 4 is 17.2 Å². The van der Waals surface area contributed by atoms with E-state index < -0.39 is 11.3 Å². The Bertz CT molecular complexity index is 1940. The summed E-state index contributed by atoms with van der Waals surface area (Å²) < 4.78 is 19.1. The first-order valence-corrected chi connectivity index (χ1v) is 17.3. The number of ether oxygens (including phenoxy) is 3. The number of hydrogen-bond donors (Lipinski definition) is 3. The zero-order chi connectivity index (χ0) is 35.5. The highest BCUT2D eigenvalue weighted by molar-refractivity contribution is 6.32. The van der Waals surface area contributed by atoms with Crippen LogP contribution in [0.3, 0.4) is 0 Å². The third kappa shape index (κ3) is 9.31. The van der Waals surface area contributed by atoms with E-state index in [1.54, 1.807) is 30.6 Å². The first-order chi connectivity index (χ1) is 25.0. The van der Waals surface area contributed by atoms with Gasteiger partial charge in [0.25, 0.3) is 0 Å². The lowest BCUT2D eigenvalue weighted by atomic mass is 9.69. The van der Waals surface area contributed by atoms with Crippen LogP contribution in [-0.2, 0) is 19.7 Å². The van der Waals surface area contributed by atoms with Gasteiger partial charge in [-0.05, 0) is 41.7 Å². The monoisotopic (exact) mass is 702 g/mol. The second-order valence-corrected chi connectivity index (χ2v) is 13.1. The van der Waals surface area contributed by atoms with Crippen LogP contribution in [0.25, 0.3) is 5.57 Å². The lowest BCUT2D eigenvalue weighted by Gasteiger charge is -2.37. The minimum Gasteiger partial charge on any atom is -0.491 e. The summed E-state index contributed by atoms with van der Waals surface area (Å²) in [6.07, 6.45) is 13.1. The van der Waals surface area contributed by atoms with E-state index in [0.29, 0.717) is 53.6 Å². The minimum atomic E-state index is -0.919. The zero-order valence-corrected chi connectivity index (χ0v) is 28.9. The van der Waals surface area contributed by atoms with Crippen molar-refractivity contribution in [3.8, 4) is 29.5 Å². The van der Waals surface area contributed by atoms with Gasteiger partial charge in [-0.3, -0.25) is 4.98 Å². The molecule has 2 aromatic heterocycles. The number of aliphatic hydroxyl groups is 1. The summed E-state index contributed by atoms with van der Waals surface area (Å²) in [5.41, 5.74) is 3.92. The van der Waals surface area contributed by atoms with Gasteiger partial charge in [0.15, 0.2) is 0 Å². The molecule has 10 nitrogen and oxygen atoms in total. The average molecular weight is 703 g/mol. The van der Waals surface area contributed by atoms with Gasteiger partial charge < -0.3 is 30.0 Å². The van der Waals surface area contributed by atoms with E-state index in [-0.39, 0.29) is 26.4 Å². The minimum absolute atomic E-state index is 0.0581. The van der Waals surface area contributed by atoms with Crippen LogP contribution in [0.4, 0.5) is 0 Å². The second-order valence-electron chi connectivity index (χ2n) is 12.7. The van der Waals surface area contributed by atoms with Crippen molar-refractivity contribution in [2.75, 3.05) is 26.4 Å². The van der Waals surface area contributed by atoms with Crippen LogP contribution < -0.4 is 24.8 Å². The zero-order valence-electron chi connectivity index (χ0n) is 28.1. The van der Waals surface area contributed by atoms with E-state index in [9.17, 15) is 10.5 Å². The maximum absolute atomic E-state index is 10.7. The van der Waals surface area contributed by atoms with Crippen LogP contribution >= 0.6 is 11.6 Å². The Morgan fingerprint density at radius 2 is 1.76 bits per heavy atom. The van der Waals surface area contributed by atoms with Crippen LogP contribution in [-0.4, -0.2) is 47.5 Å². The number of aliphatic hydroxyl groups excluding tert-OH is 1. The Morgan fingerprint density at radius 3 is 2.51 bits per heavy atom. The number of aromatic nitrogens is 2. The summed E-state index contributed by atoms with van der Waals surface area (Å²) in [7, 11) is 0. The van der Waals surface area contributed by atoms with Gasteiger partial charge in [0.05, 0.1) is 34.6 Å². The number of nitriles is 2. The molecule has 1 saturated carbocycles. The lowest BCUT2D eigenvalue weighted by Crippen LogP contribution is -2.41. The molecule has 2 aliphatic carbocycles. The van der Waals surface area contributed by atoms with Crippen molar-refractivity contribution in [1.29, 1.82) is 10.5 Å². The fourth-order valence-corrected chi connectivity index (χ4v) is 6.11. The molecule has 2 heterocycles. The number of rotatable bonds is 17. The smallest absolute Gasteiger partial charge is 0.213 e. The molecule has 3 N–H and O–H groups in total. The fraction of sp³-hybridized carbons (Fsp3) is 0.300. The molecule has 2 aliphatic rings. The molecular weight excluding hydrogens is 664 g/mol. The summed E-state index contributed by atoms with van der Waals surface area (Å²) in [6.45, 7) is 2.07. The van der Waals surface area contributed by atoms with E-state index in [1.807, 2.05) is 60.7 Å². The number of hydrogen-bond acceptors (Lipinski definition) is 10. The molecule has 51 heavy (non-hydrogen) atoms. The molecular formula is C40H39ClN6O4. The molecule has 0 saturated heterocycles. The maximum Gasteiger partial charge on any atom is 0.213 e. The third-order valence-electron chi connectivity index (χ3n) is 8.82. The Labute approximate surface area is 303 Å². The van der Waals surface area contributed by atoms with Crippen LogP contribution in [0.15, 0.2) is 97.5 Å². The summed E-state index contributed by atoms with van der Waals surface area (Å²) in [5, 5.41) is 36.2. The number of halogens is 1. The first kappa shape index (κ1) is 35.6. The van der Waals surface area contributed by atoms with Crippen LogP contribution in [0, 0.1) is 34.0 Å². The molecule has 0 aliphatic heterocycles. The molecule has 0 bridgehead atoms. The van der Waals surface area contributed by atoms with Gasteiger partial charge in [-0.1, -0.05) is 66.2 Å². The van der Waals surface area contributed by atoms with E-state index >= 15 is 0 Å². The van der Waals surface area contributed by atoms with Crippen molar-refractivity contribution in [1.82, 2.24) is 20.6 Å². The van der Waals surface area contributed by atoms with Gasteiger partial charge in [-0.15, -0.1) is 0 Å². The molecule has 2 aromatic carbocycles. The maximum atomic E-state index is 10.7. The normalized spacial score (nSPS) is 18.0. The Morgan fingerprint density at radius 1 is 0.922 bits per heavy atom. The number of pyridine rings is 2. The number of nitrogens with zero attached hydrogens (tertiary/aromatic N) is 4. The molecule has 6 rings (SSSR count). The van der Waals surface area contributed by atoms with Gasteiger partial charge >= 0.3 is 0 Å². The summed E-state index contributed by atoms with van der Waals surface area (Å²) in [5.74, 6) is 0.790. The molecule has 11 heteroatoms. The highest BCUT2D eigenvalue weighted by Gasteiger charge is 2.43. The van der Waals surface area contributed by atoms with E-state index in [0.717, 1.165) is 40.7 Å². The van der Waals surface area contributed by atoms with Crippen molar-refractivity contribution < 1.29 is 19.3 Å². The molecule has 0 spiro atoms. The highest BCUT2D eigenvalue weighted by Crippen LogP contribution is 2.44. The summed E-state index contributed by atoms with van der Waals surface area (Å²) in [4.78, 5) is 8.65. The predicted octanol–water partition coefficient (Wildman–Crippen LogP) is 6.15.